The molecule has 0 saturated carbocycles. The second-order valence-electron chi connectivity index (χ2n) is 7.70. The third-order valence-electron chi connectivity index (χ3n) is 4.90. The van der Waals surface area contributed by atoms with Crippen molar-refractivity contribution in [2.24, 2.45) is 5.10 Å². The van der Waals surface area contributed by atoms with E-state index in [0.29, 0.717) is 17.1 Å². The molecule has 3 aromatic rings. The summed E-state index contributed by atoms with van der Waals surface area (Å²) in [6, 6.07) is 22.8. The predicted molar refractivity (Wildman–Crippen MR) is 131 cm³/mol. The summed E-state index contributed by atoms with van der Waals surface area (Å²) < 4.78 is 0. The predicted octanol–water partition coefficient (Wildman–Crippen LogP) is 4.43. The smallest absolute Gasteiger partial charge is 0.325 e. The molecule has 3 N–H and O–H groups in total. The van der Waals surface area contributed by atoms with Crippen molar-refractivity contribution in [2.75, 3.05) is 10.6 Å². The molecule has 0 radical (unpaired) electrons. The first kappa shape index (κ1) is 23.4. The monoisotopic (exact) mass is 442 g/mol. The number of hydrazone groups is 1. The summed E-state index contributed by atoms with van der Waals surface area (Å²) in [5.74, 6) is -2.03. The van der Waals surface area contributed by atoms with Gasteiger partial charge in [0.1, 0.15) is 0 Å². The third-order valence-corrected chi connectivity index (χ3v) is 4.90. The van der Waals surface area contributed by atoms with Gasteiger partial charge in [0.15, 0.2) is 0 Å². The molecule has 0 spiro atoms. The van der Waals surface area contributed by atoms with Crippen molar-refractivity contribution in [2.45, 2.75) is 27.2 Å². The van der Waals surface area contributed by atoms with Crippen molar-refractivity contribution in [3.8, 4) is 11.1 Å². The molecule has 3 rings (SSSR count). The molecule has 33 heavy (non-hydrogen) atoms. The first-order chi connectivity index (χ1) is 15.8. The Morgan fingerprint density at radius 1 is 0.788 bits per heavy atom. The van der Waals surface area contributed by atoms with Crippen LogP contribution in [0.15, 0.2) is 77.9 Å². The lowest BCUT2D eigenvalue weighted by Crippen LogP contribution is -2.33. The van der Waals surface area contributed by atoms with Gasteiger partial charge in [0.05, 0.1) is 6.42 Å². The second-order valence-corrected chi connectivity index (χ2v) is 7.70. The first-order valence-corrected chi connectivity index (χ1v) is 10.5. The van der Waals surface area contributed by atoms with E-state index in [-0.39, 0.29) is 12.3 Å². The Labute approximate surface area is 192 Å². The van der Waals surface area contributed by atoms with Crippen LogP contribution in [-0.2, 0) is 14.4 Å². The summed E-state index contributed by atoms with van der Waals surface area (Å²) in [6.45, 7) is 5.33. The van der Waals surface area contributed by atoms with Gasteiger partial charge in [-0.15, -0.1) is 0 Å². The summed E-state index contributed by atoms with van der Waals surface area (Å²) in [5.41, 5.74) is 7.49. The number of para-hydroxylation sites is 1. The lowest BCUT2D eigenvalue weighted by atomic mass is 10.0. The molecule has 0 fully saturated rings. The van der Waals surface area contributed by atoms with Crippen LogP contribution in [0.25, 0.3) is 11.1 Å². The third kappa shape index (κ3) is 6.61. The van der Waals surface area contributed by atoms with Gasteiger partial charge in [0.2, 0.25) is 5.91 Å². The molecule has 0 aliphatic carbocycles. The topological polar surface area (TPSA) is 99.7 Å². The van der Waals surface area contributed by atoms with Crippen molar-refractivity contribution in [3.63, 3.8) is 0 Å². The van der Waals surface area contributed by atoms with Gasteiger partial charge in [-0.25, -0.2) is 5.43 Å². The molecule has 0 aliphatic heterocycles. The highest BCUT2D eigenvalue weighted by Crippen LogP contribution is 2.27. The Morgan fingerprint density at radius 3 is 2.24 bits per heavy atom. The standard InChI is InChI=1S/C26H26N4O3/c1-17-13-14-18(2)23(15-17)28-25(32)26(33)30-29-19(3)16-24(31)27-22-12-8-7-11-21(22)20-9-5-4-6-10-20/h4-15H,16H2,1-3H3,(H,27,31)(H,28,32)(H,30,33)/b29-19-. The zero-order valence-electron chi connectivity index (χ0n) is 18.8. The number of anilines is 2. The van der Waals surface area contributed by atoms with Crippen LogP contribution < -0.4 is 16.1 Å². The zero-order valence-corrected chi connectivity index (χ0v) is 18.8. The molecule has 0 atom stereocenters. The number of rotatable bonds is 6. The Bertz CT molecular complexity index is 1200. The largest absolute Gasteiger partial charge is 0.329 e. The van der Waals surface area contributed by atoms with Gasteiger partial charge in [-0.3, -0.25) is 14.4 Å². The van der Waals surface area contributed by atoms with E-state index in [2.05, 4.69) is 21.2 Å². The van der Waals surface area contributed by atoms with Crippen LogP contribution in [0.4, 0.5) is 11.4 Å². The van der Waals surface area contributed by atoms with E-state index in [9.17, 15) is 14.4 Å². The molecule has 0 heterocycles. The number of nitrogens with one attached hydrogen (secondary N) is 3. The van der Waals surface area contributed by atoms with E-state index >= 15 is 0 Å². The molecule has 168 valence electrons. The van der Waals surface area contributed by atoms with Crippen molar-refractivity contribution < 1.29 is 14.4 Å². The number of hydrogen-bond acceptors (Lipinski definition) is 4. The first-order valence-electron chi connectivity index (χ1n) is 10.5. The maximum Gasteiger partial charge on any atom is 0.329 e. The average Bonchev–Trinajstić information content (AvgIpc) is 2.80. The Kier molecular flexibility index (Phi) is 7.70. The lowest BCUT2D eigenvalue weighted by Gasteiger charge is -2.11. The quantitative estimate of drug-likeness (QED) is 0.299. The number of amides is 3. The van der Waals surface area contributed by atoms with Crippen LogP contribution in [-0.4, -0.2) is 23.4 Å². The van der Waals surface area contributed by atoms with Crippen LogP contribution in [0.3, 0.4) is 0 Å². The molecular formula is C26H26N4O3. The van der Waals surface area contributed by atoms with E-state index in [0.717, 1.165) is 22.3 Å². The van der Waals surface area contributed by atoms with Gasteiger partial charge in [0.25, 0.3) is 0 Å². The number of carbonyl (C=O) groups excluding carboxylic acids is 3. The normalized spacial score (nSPS) is 10.9. The van der Waals surface area contributed by atoms with E-state index in [1.807, 2.05) is 80.6 Å². The van der Waals surface area contributed by atoms with Crippen LogP contribution in [0, 0.1) is 13.8 Å². The fourth-order valence-corrected chi connectivity index (χ4v) is 3.17. The molecule has 0 unspecified atom stereocenters. The van der Waals surface area contributed by atoms with Crippen LogP contribution in [0.5, 0.6) is 0 Å². The van der Waals surface area contributed by atoms with Crippen molar-refractivity contribution in [1.82, 2.24) is 5.43 Å². The van der Waals surface area contributed by atoms with Crippen molar-refractivity contribution in [1.29, 1.82) is 0 Å². The molecule has 0 aromatic heterocycles. The SMILES string of the molecule is C/C(CC(=O)Nc1ccccc1-c1ccccc1)=N/NC(=O)C(=O)Nc1cc(C)ccc1C. The summed E-state index contributed by atoms with van der Waals surface area (Å²) in [4.78, 5) is 36.8. The molecule has 3 aromatic carbocycles. The van der Waals surface area contributed by atoms with Crippen LogP contribution in [0.1, 0.15) is 24.5 Å². The van der Waals surface area contributed by atoms with Crippen LogP contribution >= 0.6 is 0 Å². The highest BCUT2D eigenvalue weighted by atomic mass is 16.2. The summed E-state index contributed by atoms with van der Waals surface area (Å²) in [7, 11) is 0. The fraction of sp³-hybridized carbons (Fsp3) is 0.154. The zero-order chi connectivity index (χ0) is 23.8. The summed E-state index contributed by atoms with van der Waals surface area (Å²) >= 11 is 0. The van der Waals surface area contributed by atoms with E-state index in [1.165, 1.54) is 0 Å². The molecular weight excluding hydrogens is 416 g/mol. The van der Waals surface area contributed by atoms with Gasteiger partial charge in [0, 0.05) is 22.6 Å². The average molecular weight is 443 g/mol. The van der Waals surface area contributed by atoms with Gasteiger partial charge >= 0.3 is 11.8 Å². The maximum absolute atomic E-state index is 12.5. The highest BCUT2D eigenvalue weighted by molar-refractivity contribution is 6.39. The molecule has 7 heteroatoms. The Balaban J connectivity index is 1.57. The fourth-order valence-electron chi connectivity index (χ4n) is 3.17. The minimum absolute atomic E-state index is 0.0397. The number of nitrogens with zero attached hydrogens (tertiary/aromatic N) is 1. The maximum atomic E-state index is 12.5. The van der Waals surface area contributed by atoms with E-state index in [4.69, 9.17) is 0 Å². The summed E-state index contributed by atoms with van der Waals surface area (Å²) in [6.07, 6.45) is -0.0397. The van der Waals surface area contributed by atoms with Gasteiger partial charge in [-0.2, -0.15) is 5.10 Å². The minimum atomic E-state index is -0.912. The second kappa shape index (κ2) is 10.9. The number of carbonyl (C=O) groups is 3. The molecule has 0 bridgehead atoms. The van der Waals surface area contributed by atoms with Gasteiger partial charge in [-0.05, 0) is 49.6 Å². The van der Waals surface area contributed by atoms with Crippen molar-refractivity contribution in [3.05, 3.63) is 83.9 Å². The van der Waals surface area contributed by atoms with E-state index in [1.54, 1.807) is 13.0 Å². The summed E-state index contributed by atoms with van der Waals surface area (Å²) in [5, 5.41) is 9.34. The highest BCUT2D eigenvalue weighted by Gasteiger charge is 2.15. The molecule has 3 amide bonds. The number of aryl methyl sites for hydroxylation is 2. The molecule has 7 nitrogen and oxygen atoms in total. The molecule has 0 aliphatic rings. The molecule has 0 saturated heterocycles. The Hall–Kier alpha value is -4.26. The van der Waals surface area contributed by atoms with Gasteiger partial charge in [-0.1, -0.05) is 60.7 Å². The van der Waals surface area contributed by atoms with E-state index < -0.39 is 11.8 Å². The Morgan fingerprint density at radius 2 is 1.48 bits per heavy atom. The van der Waals surface area contributed by atoms with Crippen molar-refractivity contribution >= 4 is 34.8 Å². The van der Waals surface area contributed by atoms with Gasteiger partial charge < -0.3 is 10.6 Å². The van der Waals surface area contributed by atoms with Crippen LogP contribution in [0.2, 0.25) is 0 Å². The number of benzene rings is 3. The lowest BCUT2D eigenvalue weighted by molar-refractivity contribution is -0.136. The minimum Gasteiger partial charge on any atom is -0.325 e. The number of hydrogen-bond donors (Lipinski definition) is 3.